The molecule has 0 aliphatic rings. The van der Waals surface area contributed by atoms with Gasteiger partial charge in [-0.25, -0.2) is 4.39 Å². The maximum Gasteiger partial charge on any atom is 0.137 e. The van der Waals surface area contributed by atoms with Crippen molar-refractivity contribution >= 4 is 15.9 Å². The van der Waals surface area contributed by atoms with Crippen LogP contribution in [0.2, 0.25) is 0 Å². The van der Waals surface area contributed by atoms with Crippen molar-refractivity contribution in [3.8, 4) is 11.3 Å². The Morgan fingerprint density at radius 2 is 2.10 bits per heavy atom. The van der Waals surface area contributed by atoms with E-state index < -0.39 is 0 Å². The summed E-state index contributed by atoms with van der Waals surface area (Å²) in [7, 11) is 0. The van der Waals surface area contributed by atoms with Gasteiger partial charge in [0.25, 0.3) is 0 Å². The van der Waals surface area contributed by atoms with Gasteiger partial charge in [0.05, 0.1) is 5.56 Å². The summed E-state index contributed by atoms with van der Waals surface area (Å²) in [5.41, 5.74) is 0.494. The molecule has 2 nitrogen and oxygen atoms in total. The summed E-state index contributed by atoms with van der Waals surface area (Å²) in [5.74, 6) is 1.17. The summed E-state index contributed by atoms with van der Waals surface area (Å²) in [4.78, 5) is 0. The fraction of sp³-hybridized carbons (Fsp3) is 0.375. The van der Waals surface area contributed by atoms with Gasteiger partial charge in [0.1, 0.15) is 17.3 Å². The maximum atomic E-state index is 13.9. The van der Waals surface area contributed by atoms with Crippen molar-refractivity contribution in [3.05, 3.63) is 46.4 Å². The zero-order valence-electron chi connectivity index (χ0n) is 11.7. The molecule has 1 atom stereocenters. The molecule has 0 saturated heterocycles. The third kappa shape index (κ3) is 3.93. The van der Waals surface area contributed by atoms with Crippen molar-refractivity contribution in [2.45, 2.75) is 32.7 Å². The van der Waals surface area contributed by atoms with Crippen LogP contribution < -0.4 is 5.32 Å². The van der Waals surface area contributed by atoms with Crippen LogP contribution in [0.5, 0.6) is 0 Å². The molecule has 108 valence electrons. The number of halogens is 2. The minimum absolute atomic E-state index is 0.280. The predicted octanol–water partition coefficient (Wildman–Crippen LogP) is 4.78. The monoisotopic (exact) mass is 339 g/mol. The van der Waals surface area contributed by atoms with E-state index in [1.54, 1.807) is 6.07 Å². The van der Waals surface area contributed by atoms with Gasteiger partial charge in [-0.1, -0.05) is 22.9 Å². The molecule has 0 aliphatic carbocycles. The maximum absolute atomic E-state index is 13.9. The number of hydrogen-bond donors (Lipinski definition) is 1. The number of benzene rings is 1. The van der Waals surface area contributed by atoms with Crippen LogP contribution in [-0.4, -0.2) is 12.6 Å². The van der Waals surface area contributed by atoms with Gasteiger partial charge in [0.2, 0.25) is 0 Å². The molecule has 2 rings (SSSR count). The Bertz CT molecular complexity index is 567. The molecule has 1 N–H and O–H groups in total. The van der Waals surface area contributed by atoms with Crippen LogP contribution in [0.25, 0.3) is 11.3 Å². The summed E-state index contributed by atoms with van der Waals surface area (Å²) < 4.78 is 20.3. The van der Waals surface area contributed by atoms with Crippen LogP contribution in [0, 0.1) is 5.82 Å². The molecule has 1 aromatic carbocycles. The number of nitrogens with one attached hydrogen (secondary N) is 1. The Hall–Kier alpha value is -1.13. The molecule has 1 heterocycles. The summed E-state index contributed by atoms with van der Waals surface area (Å²) >= 11 is 3.25. The quantitative estimate of drug-likeness (QED) is 0.819. The van der Waals surface area contributed by atoms with Gasteiger partial charge in [0.15, 0.2) is 0 Å². The van der Waals surface area contributed by atoms with Crippen LogP contribution in [-0.2, 0) is 6.42 Å². The summed E-state index contributed by atoms with van der Waals surface area (Å²) in [6.07, 6.45) is 1.91. The minimum atomic E-state index is -0.280. The molecular weight excluding hydrogens is 321 g/mol. The van der Waals surface area contributed by atoms with E-state index in [4.69, 9.17) is 4.42 Å². The Morgan fingerprint density at radius 3 is 2.80 bits per heavy atom. The van der Waals surface area contributed by atoms with E-state index in [9.17, 15) is 4.39 Å². The average molecular weight is 340 g/mol. The fourth-order valence-electron chi connectivity index (χ4n) is 2.09. The Labute approximate surface area is 127 Å². The van der Waals surface area contributed by atoms with E-state index in [-0.39, 0.29) is 5.82 Å². The average Bonchev–Trinajstić information content (AvgIpc) is 2.84. The molecule has 0 bridgehead atoms. The zero-order chi connectivity index (χ0) is 14.5. The molecule has 0 saturated carbocycles. The molecule has 1 unspecified atom stereocenters. The number of hydrogen-bond acceptors (Lipinski definition) is 2. The first-order valence-corrected chi connectivity index (χ1v) is 7.67. The van der Waals surface area contributed by atoms with Gasteiger partial charge in [-0.2, -0.15) is 0 Å². The normalized spacial score (nSPS) is 12.6. The third-order valence-corrected chi connectivity index (χ3v) is 3.60. The highest BCUT2D eigenvalue weighted by Crippen LogP contribution is 2.27. The second-order valence-corrected chi connectivity index (χ2v) is 5.87. The van der Waals surface area contributed by atoms with Gasteiger partial charge in [-0.3, -0.25) is 0 Å². The summed E-state index contributed by atoms with van der Waals surface area (Å²) in [5, 5.41) is 3.41. The van der Waals surface area contributed by atoms with Crippen LogP contribution in [0.1, 0.15) is 26.0 Å². The standard InChI is InChI=1S/C16H19BrFNO/c1-3-8-19-11(2)9-13-5-7-16(20-13)14-6-4-12(17)10-15(14)18/h4-7,10-11,19H,3,8-9H2,1-2H3. The van der Waals surface area contributed by atoms with Gasteiger partial charge >= 0.3 is 0 Å². The van der Waals surface area contributed by atoms with Gasteiger partial charge in [0, 0.05) is 16.9 Å². The predicted molar refractivity (Wildman–Crippen MR) is 83.3 cm³/mol. The molecule has 0 spiro atoms. The first kappa shape index (κ1) is 15.3. The van der Waals surface area contributed by atoms with E-state index in [0.29, 0.717) is 17.4 Å². The smallest absolute Gasteiger partial charge is 0.137 e. The van der Waals surface area contributed by atoms with Crippen molar-refractivity contribution < 1.29 is 8.81 Å². The molecule has 20 heavy (non-hydrogen) atoms. The van der Waals surface area contributed by atoms with Gasteiger partial charge < -0.3 is 9.73 Å². The fourth-order valence-corrected chi connectivity index (χ4v) is 2.42. The second kappa shape index (κ2) is 7.04. The van der Waals surface area contributed by atoms with Gasteiger partial charge in [-0.05, 0) is 50.2 Å². The third-order valence-electron chi connectivity index (χ3n) is 3.11. The van der Waals surface area contributed by atoms with E-state index >= 15 is 0 Å². The van der Waals surface area contributed by atoms with E-state index in [0.717, 1.165) is 29.6 Å². The minimum Gasteiger partial charge on any atom is -0.461 e. The topological polar surface area (TPSA) is 25.2 Å². The highest BCUT2D eigenvalue weighted by atomic mass is 79.9. The first-order chi connectivity index (χ1) is 9.60. The lowest BCUT2D eigenvalue weighted by Crippen LogP contribution is -2.28. The largest absolute Gasteiger partial charge is 0.461 e. The molecule has 1 aromatic heterocycles. The molecule has 2 aromatic rings. The number of furan rings is 1. The van der Waals surface area contributed by atoms with E-state index in [1.807, 2.05) is 18.2 Å². The van der Waals surface area contributed by atoms with Crippen LogP contribution in [0.4, 0.5) is 4.39 Å². The molecular formula is C16H19BrFNO. The van der Waals surface area contributed by atoms with Crippen molar-refractivity contribution in [1.29, 1.82) is 0 Å². The van der Waals surface area contributed by atoms with Crippen molar-refractivity contribution in [1.82, 2.24) is 5.32 Å². The Balaban J connectivity index is 2.08. The van der Waals surface area contributed by atoms with Crippen LogP contribution >= 0.6 is 15.9 Å². The first-order valence-electron chi connectivity index (χ1n) is 6.87. The molecule has 0 amide bonds. The molecule has 0 fully saturated rings. The summed E-state index contributed by atoms with van der Waals surface area (Å²) in [6.45, 7) is 5.26. The highest BCUT2D eigenvalue weighted by Gasteiger charge is 2.11. The Kier molecular flexibility index (Phi) is 5.38. The van der Waals surface area contributed by atoms with E-state index in [1.165, 1.54) is 6.07 Å². The van der Waals surface area contributed by atoms with Crippen molar-refractivity contribution in [2.75, 3.05) is 6.54 Å². The lowest BCUT2D eigenvalue weighted by atomic mass is 10.1. The van der Waals surface area contributed by atoms with Gasteiger partial charge in [-0.15, -0.1) is 0 Å². The number of rotatable bonds is 6. The van der Waals surface area contributed by atoms with Crippen molar-refractivity contribution in [2.24, 2.45) is 0 Å². The van der Waals surface area contributed by atoms with Crippen LogP contribution in [0.3, 0.4) is 0 Å². The van der Waals surface area contributed by atoms with Crippen LogP contribution in [0.15, 0.2) is 39.2 Å². The zero-order valence-corrected chi connectivity index (χ0v) is 13.3. The lowest BCUT2D eigenvalue weighted by molar-refractivity contribution is 0.462. The highest BCUT2D eigenvalue weighted by molar-refractivity contribution is 9.10. The SMILES string of the molecule is CCCNC(C)Cc1ccc(-c2ccc(Br)cc2F)o1. The summed E-state index contributed by atoms with van der Waals surface area (Å²) in [6, 6.07) is 9.08. The lowest BCUT2D eigenvalue weighted by Gasteiger charge is -2.11. The Morgan fingerprint density at radius 1 is 1.30 bits per heavy atom. The van der Waals surface area contributed by atoms with Crippen molar-refractivity contribution in [3.63, 3.8) is 0 Å². The van der Waals surface area contributed by atoms with E-state index in [2.05, 4.69) is 35.1 Å². The second-order valence-electron chi connectivity index (χ2n) is 4.95. The molecule has 0 radical (unpaired) electrons. The molecule has 4 heteroatoms. The molecule has 0 aliphatic heterocycles.